The largest absolute Gasteiger partial charge is 0.491 e. The Morgan fingerprint density at radius 3 is 2.36 bits per heavy atom. The molecule has 0 aliphatic rings. The fraction of sp³-hybridized carbons (Fsp3) is 0.545. The third kappa shape index (κ3) is 2.35. The maximum absolute atomic E-state index is 5.59. The molecule has 0 radical (unpaired) electrons. The van der Waals surface area contributed by atoms with Gasteiger partial charge in [-0.3, -0.25) is 0 Å². The fourth-order valence-electron chi connectivity index (χ4n) is 1.13. The monoisotopic (exact) mass is 211 g/mol. The molecule has 2 nitrogen and oxygen atoms in total. The highest BCUT2D eigenvalue weighted by atomic mass is 32.1. The van der Waals surface area contributed by atoms with Gasteiger partial charge in [0.25, 0.3) is 0 Å². The Kier molecular flexibility index (Phi) is 3.69. The summed E-state index contributed by atoms with van der Waals surface area (Å²) >= 11 is 1.70. The first-order valence-electron chi connectivity index (χ1n) is 4.81. The SMILES string of the molecule is CCOC(=C(C)C)c1nc(C)c(C)s1. The minimum Gasteiger partial charge on any atom is -0.491 e. The number of nitrogens with zero attached hydrogens (tertiary/aromatic N) is 1. The smallest absolute Gasteiger partial charge is 0.158 e. The van der Waals surface area contributed by atoms with Crippen LogP contribution in [-0.2, 0) is 4.74 Å². The average Bonchev–Trinajstić information content (AvgIpc) is 2.42. The number of thiazole rings is 1. The molecular weight excluding hydrogens is 194 g/mol. The Morgan fingerprint density at radius 2 is 2.00 bits per heavy atom. The zero-order valence-corrected chi connectivity index (χ0v) is 10.3. The number of aromatic nitrogens is 1. The number of hydrogen-bond donors (Lipinski definition) is 0. The molecule has 1 heterocycles. The summed E-state index contributed by atoms with van der Waals surface area (Å²) < 4.78 is 5.59. The first kappa shape index (κ1) is 11.2. The van der Waals surface area contributed by atoms with Gasteiger partial charge in [0, 0.05) is 4.88 Å². The van der Waals surface area contributed by atoms with Crippen LogP contribution >= 0.6 is 11.3 Å². The molecule has 1 aromatic heterocycles. The fourth-order valence-corrected chi connectivity index (χ4v) is 2.16. The van der Waals surface area contributed by atoms with Gasteiger partial charge in [0.2, 0.25) is 0 Å². The Bertz CT molecular complexity index is 329. The third-order valence-corrected chi connectivity index (χ3v) is 3.04. The summed E-state index contributed by atoms with van der Waals surface area (Å²) in [4.78, 5) is 5.75. The van der Waals surface area contributed by atoms with Crippen molar-refractivity contribution in [2.45, 2.75) is 34.6 Å². The molecule has 1 rings (SSSR count). The second-order valence-electron chi connectivity index (χ2n) is 3.42. The van der Waals surface area contributed by atoms with E-state index in [0.29, 0.717) is 6.61 Å². The average molecular weight is 211 g/mol. The molecule has 0 saturated heterocycles. The van der Waals surface area contributed by atoms with Gasteiger partial charge in [0.1, 0.15) is 0 Å². The highest BCUT2D eigenvalue weighted by Gasteiger charge is 2.10. The lowest BCUT2D eigenvalue weighted by Crippen LogP contribution is -1.93. The molecule has 0 aromatic carbocycles. The van der Waals surface area contributed by atoms with Crippen LogP contribution in [0, 0.1) is 13.8 Å². The number of allylic oxidation sites excluding steroid dienone is 1. The van der Waals surface area contributed by atoms with Crippen molar-refractivity contribution in [2.24, 2.45) is 0 Å². The molecular formula is C11H17NOS. The van der Waals surface area contributed by atoms with Gasteiger partial charge in [-0.1, -0.05) is 0 Å². The molecule has 0 amide bonds. The Hall–Kier alpha value is -0.830. The van der Waals surface area contributed by atoms with Gasteiger partial charge in [-0.15, -0.1) is 11.3 Å². The number of ether oxygens (including phenoxy) is 1. The summed E-state index contributed by atoms with van der Waals surface area (Å²) in [5, 5.41) is 1.00. The van der Waals surface area contributed by atoms with Crippen LogP contribution in [0.2, 0.25) is 0 Å². The molecule has 3 heteroatoms. The van der Waals surface area contributed by atoms with Gasteiger partial charge in [0.05, 0.1) is 12.3 Å². The van der Waals surface area contributed by atoms with E-state index in [1.165, 1.54) is 10.5 Å². The lowest BCUT2D eigenvalue weighted by molar-refractivity contribution is 0.295. The third-order valence-electron chi connectivity index (χ3n) is 1.97. The second kappa shape index (κ2) is 4.60. The van der Waals surface area contributed by atoms with Gasteiger partial charge in [-0.2, -0.15) is 0 Å². The van der Waals surface area contributed by atoms with Crippen molar-refractivity contribution >= 4 is 17.1 Å². The number of hydrogen-bond acceptors (Lipinski definition) is 3. The summed E-state index contributed by atoms with van der Waals surface area (Å²) in [7, 11) is 0. The van der Waals surface area contributed by atoms with E-state index in [9.17, 15) is 0 Å². The number of aryl methyl sites for hydroxylation is 2. The Labute approximate surface area is 89.6 Å². The van der Waals surface area contributed by atoms with Crippen molar-refractivity contribution in [3.05, 3.63) is 21.2 Å². The van der Waals surface area contributed by atoms with Crippen LogP contribution < -0.4 is 0 Å². The quantitative estimate of drug-likeness (QED) is 0.713. The first-order valence-corrected chi connectivity index (χ1v) is 5.62. The van der Waals surface area contributed by atoms with E-state index in [1.54, 1.807) is 11.3 Å². The molecule has 0 atom stereocenters. The molecule has 0 unspecified atom stereocenters. The molecule has 0 aliphatic carbocycles. The van der Waals surface area contributed by atoms with Crippen LogP contribution in [0.15, 0.2) is 5.57 Å². The molecule has 14 heavy (non-hydrogen) atoms. The lowest BCUT2D eigenvalue weighted by atomic mass is 10.3. The van der Waals surface area contributed by atoms with Gasteiger partial charge < -0.3 is 4.74 Å². The standard InChI is InChI=1S/C11H17NOS/c1-6-13-10(7(2)3)11-12-8(4)9(5)14-11/h6H2,1-5H3. The summed E-state index contributed by atoms with van der Waals surface area (Å²) in [6, 6.07) is 0. The summed E-state index contributed by atoms with van der Waals surface area (Å²) in [6.07, 6.45) is 0. The normalized spacial score (nSPS) is 10.1. The predicted molar refractivity (Wildman–Crippen MR) is 61.5 cm³/mol. The van der Waals surface area contributed by atoms with Crippen molar-refractivity contribution in [3.63, 3.8) is 0 Å². The molecule has 0 N–H and O–H groups in total. The van der Waals surface area contributed by atoms with Crippen LogP contribution in [0.5, 0.6) is 0 Å². The van der Waals surface area contributed by atoms with Gasteiger partial charge in [0.15, 0.2) is 10.8 Å². The van der Waals surface area contributed by atoms with Crippen molar-refractivity contribution in [1.29, 1.82) is 0 Å². The van der Waals surface area contributed by atoms with Gasteiger partial charge in [-0.05, 0) is 40.2 Å². The first-order chi connectivity index (χ1) is 6.56. The van der Waals surface area contributed by atoms with E-state index in [1.807, 2.05) is 13.8 Å². The molecule has 0 saturated carbocycles. The molecule has 78 valence electrons. The summed E-state index contributed by atoms with van der Waals surface area (Å²) in [5.41, 5.74) is 2.28. The van der Waals surface area contributed by atoms with Crippen LogP contribution in [-0.4, -0.2) is 11.6 Å². The topological polar surface area (TPSA) is 22.1 Å². The van der Waals surface area contributed by atoms with Crippen molar-refractivity contribution < 1.29 is 4.74 Å². The van der Waals surface area contributed by atoms with Crippen LogP contribution in [0.1, 0.15) is 36.3 Å². The van der Waals surface area contributed by atoms with Gasteiger partial charge in [-0.25, -0.2) is 4.98 Å². The van der Waals surface area contributed by atoms with Crippen molar-refractivity contribution in [1.82, 2.24) is 4.98 Å². The Morgan fingerprint density at radius 1 is 1.36 bits per heavy atom. The van der Waals surface area contributed by atoms with Crippen LogP contribution in [0.4, 0.5) is 0 Å². The van der Waals surface area contributed by atoms with E-state index in [0.717, 1.165) is 16.5 Å². The Balaban J connectivity index is 3.07. The minimum atomic E-state index is 0.693. The van der Waals surface area contributed by atoms with E-state index < -0.39 is 0 Å². The maximum atomic E-state index is 5.59. The summed E-state index contributed by atoms with van der Waals surface area (Å²) in [5.74, 6) is 0.939. The molecule has 1 aromatic rings. The highest BCUT2D eigenvalue weighted by molar-refractivity contribution is 7.12. The van der Waals surface area contributed by atoms with E-state index in [4.69, 9.17) is 4.74 Å². The number of rotatable bonds is 3. The maximum Gasteiger partial charge on any atom is 0.158 e. The minimum absolute atomic E-state index is 0.693. The summed E-state index contributed by atoms with van der Waals surface area (Å²) in [6.45, 7) is 10.9. The van der Waals surface area contributed by atoms with Crippen LogP contribution in [0.25, 0.3) is 5.76 Å². The molecule has 0 fully saturated rings. The highest BCUT2D eigenvalue weighted by Crippen LogP contribution is 2.26. The second-order valence-corrected chi connectivity index (χ2v) is 4.63. The zero-order valence-electron chi connectivity index (χ0n) is 9.47. The van der Waals surface area contributed by atoms with Crippen LogP contribution in [0.3, 0.4) is 0 Å². The van der Waals surface area contributed by atoms with E-state index in [2.05, 4.69) is 25.8 Å². The predicted octanol–water partition coefficient (Wildman–Crippen LogP) is 3.55. The molecule has 0 aliphatic heterocycles. The molecule has 0 bridgehead atoms. The van der Waals surface area contributed by atoms with E-state index >= 15 is 0 Å². The lowest BCUT2D eigenvalue weighted by Gasteiger charge is -2.07. The van der Waals surface area contributed by atoms with Gasteiger partial charge >= 0.3 is 0 Å². The molecule has 0 spiro atoms. The van der Waals surface area contributed by atoms with Crippen molar-refractivity contribution in [3.8, 4) is 0 Å². The zero-order chi connectivity index (χ0) is 10.7. The van der Waals surface area contributed by atoms with E-state index in [-0.39, 0.29) is 0 Å². The van der Waals surface area contributed by atoms with Crippen molar-refractivity contribution in [2.75, 3.05) is 6.61 Å².